The van der Waals surface area contributed by atoms with Crippen LogP contribution in [0.5, 0.6) is 0 Å². The van der Waals surface area contributed by atoms with Crippen LogP contribution in [0.25, 0.3) is 0 Å². The molecule has 0 aliphatic carbocycles. The number of carbonyl (C=O) groups is 1. The lowest BCUT2D eigenvalue weighted by molar-refractivity contribution is -0.122. The third kappa shape index (κ3) is 4.89. The Bertz CT molecular complexity index is 429. The smallest absolute Gasteiger partial charge is 0.234 e. The van der Waals surface area contributed by atoms with Gasteiger partial charge in [-0.1, -0.05) is 13.8 Å². The van der Waals surface area contributed by atoms with Crippen LogP contribution in [0.2, 0.25) is 0 Å². The van der Waals surface area contributed by atoms with Crippen molar-refractivity contribution in [3.63, 3.8) is 0 Å². The number of hydrogen-bond donors (Lipinski definition) is 2. The van der Waals surface area contributed by atoms with E-state index in [0.29, 0.717) is 19.0 Å². The van der Waals surface area contributed by atoms with Gasteiger partial charge in [0.05, 0.1) is 12.6 Å². The first-order chi connectivity index (χ1) is 9.32. The number of likely N-dealkylation sites (N-methyl/N-ethyl adjacent to an activating group) is 1. The fraction of sp³-hybridized carbons (Fsp3) is 0.667. The zero-order valence-electron chi connectivity index (χ0n) is 13.1. The van der Waals surface area contributed by atoms with E-state index in [1.165, 1.54) is 10.4 Å². The first-order valence-corrected chi connectivity index (χ1v) is 7.97. The predicted molar refractivity (Wildman–Crippen MR) is 85.9 cm³/mol. The number of carbonyl (C=O) groups excluding carboxylic acids is 1. The van der Waals surface area contributed by atoms with E-state index in [9.17, 15) is 4.79 Å². The first kappa shape index (κ1) is 17.1. The van der Waals surface area contributed by atoms with Crippen molar-refractivity contribution in [2.24, 2.45) is 11.7 Å². The lowest BCUT2D eigenvalue weighted by atomic mass is 10.0. The Morgan fingerprint density at radius 1 is 1.45 bits per heavy atom. The summed E-state index contributed by atoms with van der Waals surface area (Å²) >= 11 is 1.71. The van der Waals surface area contributed by atoms with Crippen molar-refractivity contribution in [2.45, 2.75) is 39.8 Å². The van der Waals surface area contributed by atoms with E-state index in [1.54, 1.807) is 11.3 Å². The summed E-state index contributed by atoms with van der Waals surface area (Å²) in [6.45, 7) is 9.34. The van der Waals surface area contributed by atoms with Crippen molar-refractivity contribution < 1.29 is 4.79 Å². The van der Waals surface area contributed by atoms with Gasteiger partial charge in [0, 0.05) is 17.5 Å². The molecule has 4 nitrogen and oxygen atoms in total. The maximum absolute atomic E-state index is 11.9. The fourth-order valence-corrected chi connectivity index (χ4v) is 3.43. The molecule has 1 aromatic rings. The van der Waals surface area contributed by atoms with Crippen molar-refractivity contribution in [2.75, 3.05) is 20.1 Å². The van der Waals surface area contributed by atoms with Gasteiger partial charge in [-0.15, -0.1) is 11.3 Å². The molecule has 0 fully saturated rings. The molecule has 3 N–H and O–H groups in total. The van der Waals surface area contributed by atoms with Crippen LogP contribution in [-0.4, -0.2) is 37.0 Å². The molecule has 0 aliphatic heterocycles. The number of aryl methyl sites for hydroxylation is 1. The van der Waals surface area contributed by atoms with Crippen LogP contribution in [0.15, 0.2) is 11.4 Å². The normalized spacial score (nSPS) is 14.6. The second kappa shape index (κ2) is 7.76. The van der Waals surface area contributed by atoms with E-state index < -0.39 is 0 Å². The Hall–Kier alpha value is -0.910. The van der Waals surface area contributed by atoms with E-state index in [4.69, 9.17) is 5.73 Å². The second-order valence-electron chi connectivity index (χ2n) is 5.88. The summed E-state index contributed by atoms with van der Waals surface area (Å²) in [6.07, 6.45) is 0. The fourth-order valence-electron chi connectivity index (χ4n) is 2.23. The molecular weight excluding hydrogens is 270 g/mol. The van der Waals surface area contributed by atoms with Gasteiger partial charge in [-0.25, -0.2) is 0 Å². The SMILES string of the molecule is Cc1ccsc1C(C(C)N)N(C)CC(=O)NCC(C)C. The van der Waals surface area contributed by atoms with Gasteiger partial charge in [-0.05, 0) is 43.8 Å². The molecule has 1 aromatic heterocycles. The molecule has 0 spiro atoms. The molecule has 1 amide bonds. The number of amides is 1. The summed E-state index contributed by atoms with van der Waals surface area (Å²) in [5.41, 5.74) is 7.37. The van der Waals surface area contributed by atoms with Gasteiger partial charge < -0.3 is 11.1 Å². The zero-order chi connectivity index (χ0) is 15.3. The Morgan fingerprint density at radius 3 is 2.55 bits per heavy atom. The van der Waals surface area contributed by atoms with Crippen LogP contribution in [-0.2, 0) is 4.79 Å². The van der Waals surface area contributed by atoms with Gasteiger partial charge in [-0.3, -0.25) is 9.69 Å². The molecule has 0 saturated carbocycles. The number of hydrogen-bond acceptors (Lipinski definition) is 4. The van der Waals surface area contributed by atoms with Crippen molar-refractivity contribution in [1.82, 2.24) is 10.2 Å². The van der Waals surface area contributed by atoms with Gasteiger partial charge in [-0.2, -0.15) is 0 Å². The van der Waals surface area contributed by atoms with E-state index in [-0.39, 0.29) is 18.0 Å². The van der Waals surface area contributed by atoms with Gasteiger partial charge in [0.2, 0.25) is 5.91 Å². The summed E-state index contributed by atoms with van der Waals surface area (Å²) in [6, 6.07) is 2.16. The van der Waals surface area contributed by atoms with Crippen molar-refractivity contribution in [3.8, 4) is 0 Å². The minimum atomic E-state index is -0.0183. The topological polar surface area (TPSA) is 58.4 Å². The highest BCUT2D eigenvalue weighted by molar-refractivity contribution is 7.10. The van der Waals surface area contributed by atoms with Gasteiger partial charge in [0.15, 0.2) is 0 Å². The van der Waals surface area contributed by atoms with Crippen molar-refractivity contribution >= 4 is 17.2 Å². The van der Waals surface area contributed by atoms with E-state index in [2.05, 4.69) is 37.5 Å². The number of nitrogens with one attached hydrogen (secondary N) is 1. The maximum atomic E-state index is 11.9. The van der Waals surface area contributed by atoms with Crippen LogP contribution in [0.1, 0.15) is 37.3 Å². The van der Waals surface area contributed by atoms with Crippen LogP contribution in [0, 0.1) is 12.8 Å². The molecular formula is C15H27N3OS. The number of thiophene rings is 1. The summed E-state index contributed by atoms with van der Waals surface area (Å²) < 4.78 is 0. The Labute approximate surface area is 126 Å². The van der Waals surface area contributed by atoms with Crippen molar-refractivity contribution in [3.05, 3.63) is 21.9 Å². The number of nitrogens with zero attached hydrogens (tertiary/aromatic N) is 1. The monoisotopic (exact) mass is 297 g/mol. The minimum absolute atomic E-state index is 0.0183. The number of rotatable bonds is 7. The van der Waals surface area contributed by atoms with E-state index in [0.717, 1.165) is 0 Å². The van der Waals surface area contributed by atoms with Gasteiger partial charge in [0.1, 0.15) is 0 Å². The quantitative estimate of drug-likeness (QED) is 0.811. The second-order valence-corrected chi connectivity index (χ2v) is 6.83. The Balaban J connectivity index is 2.69. The molecule has 1 rings (SSSR count). The molecule has 0 saturated heterocycles. The predicted octanol–water partition coefficient (Wildman–Crippen LogP) is 2.15. The first-order valence-electron chi connectivity index (χ1n) is 7.09. The average Bonchev–Trinajstić information content (AvgIpc) is 2.73. The average molecular weight is 297 g/mol. The third-order valence-corrected chi connectivity index (χ3v) is 4.33. The van der Waals surface area contributed by atoms with Crippen LogP contribution in [0.4, 0.5) is 0 Å². The summed E-state index contributed by atoms with van der Waals surface area (Å²) in [5.74, 6) is 0.522. The largest absolute Gasteiger partial charge is 0.355 e. The van der Waals surface area contributed by atoms with Gasteiger partial charge >= 0.3 is 0 Å². The molecule has 114 valence electrons. The molecule has 2 atom stereocenters. The molecule has 1 heterocycles. The van der Waals surface area contributed by atoms with E-state index >= 15 is 0 Å². The maximum Gasteiger partial charge on any atom is 0.234 e. The van der Waals surface area contributed by atoms with Crippen molar-refractivity contribution in [1.29, 1.82) is 0 Å². The van der Waals surface area contributed by atoms with Crippen LogP contribution >= 0.6 is 11.3 Å². The Morgan fingerprint density at radius 2 is 2.10 bits per heavy atom. The van der Waals surface area contributed by atoms with E-state index in [1.807, 2.05) is 18.9 Å². The highest BCUT2D eigenvalue weighted by Gasteiger charge is 2.25. The van der Waals surface area contributed by atoms with Gasteiger partial charge in [0.25, 0.3) is 0 Å². The molecule has 5 heteroatoms. The highest BCUT2D eigenvalue weighted by atomic mass is 32.1. The molecule has 0 aliphatic rings. The highest BCUT2D eigenvalue weighted by Crippen LogP contribution is 2.29. The number of nitrogens with two attached hydrogens (primary N) is 1. The standard InChI is InChI=1S/C15H27N3OS/c1-10(2)8-17-13(19)9-18(5)14(12(4)16)15-11(3)6-7-20-15/h6-7,10,12,14H,8-9,16H2,1-5H3,(H,17,19). The molecule has 2 unspecified atom stereocenters. The summed E-state index contributed by atoms with van der Waals surface area (Å²) in [4.78, 5) is 15.2. The zero-order valence-corrected chi connectivity index (χ0v) is 14.0. The Kier molecular flexibility index (Phi) is 6.65. The summed E-state index contributed by atoms with van der Waals surface area (Å²) in [7, 11) is 1.96. The molecule has 0 radical (unpaired) electrons. The lowest BCUT2D eigenvalue weighted by Crippen LogP contribution is -2.43. The molecule has 0 bridgehead atoms. The lowest BCUT2D eigenvalue weighted by Gasteiger charge is -2.30. The minimum Gasteiger partial charge on any atom is -0.355 e. The van der Waals surface area contributed by atoms with Crippen LogP contribution in [0.3, 0.4) is 0 Å². The summed E-state index contributed by atoms with van der Waals surface area (Å²) in [5, 5.41) is 5.02. The third-order valence-electron chi connectivity index (χ3n) is 3.24. The van der Waals surface area contributed by atoms with Crippen LogP contribution < -0.4 is 11.1 Å². The molecule has 0 aromatic carbocycles. The molecule has 20 heavy (non-hydrogen) atoms.